The van der Waals surface area contributed by atoms with Gasteiger partial charge < -0.3 is 14.2 Å². The van der Waals surface area contributed by atoms with Crippen molar-refractivity contribution in [1.29, 1.82) is 0 Å². The Hall–Kier alpha value is -1.56. The average molecular weight is 343 g/mol. The summed E-state index contributed by atoms with van der Waals surface area (Å²) in [4.78, 5) is 24.4. The Kier molecular flexibility index (Phi) is 4.32. The number of hydrogen-bond acceptors (Lipinski definition) is 5. The molecule has 0 saturated carbocycles. The second kappa shape index (κ2) is 5.83. The Labute approximate surface area is 125 Å². The summed E-state index contributed by atoms with van der Waals surface area (Å²) in [5, 5.41) is 0. The van der Waals surface area contributed by atoms with Crippen LogP contribution in [0.15, 0.2) is 22.7 Å². The summed E-state index contributed by atoms with van der Waals surface area (Å²) in [5.74, 6) is -0.947. The zero-order chi connectivity index (χ0) is 14.8. The van der Waals surface area contributed by atoms with E-state index in [-0.39, 0.29) is 19.6 Å². The molecule has 0 atom stereocenters. The molecule has 0 spiro atoms. The third kappa shape index (κ3) is 2.52. The summed E-state index contributed by atoms with van der Waals surface area (Å²) in [6.07, 6.45) is 0.118. The molecule has 1 aromatic carbocycles. The maximum atomic E-state index is 12.2. The highest BCUT2D eigenvalue weighted by atomic mass is 79.9. The molecule has 0 unspecified atom stereocenters. The summed E-state index contributed by atoms with van der Waals surface area (Å²) in [7, 11) is 0. The number of rotatable bonds is 4. The molecule has 6 heteroatoms. The molecule has 0 radical (unpaired) electrons. The van der Waals surface area contributed by atoms with E-state index >= 15 is 0 Å². The van der Waals surface area contributed by atoms with Gasteiger partial charge in [-0.1, -0.05) is 22.0 Å². The number of carbonyl (C=O) groups excluding carboxylic acids is 2. The molecule has 0 aromatic heterocycles. The van der Waals surface area contributed by atoms with Crippen molar-refractivity contribution in [2.75, 3.05) is 13.2 Å². The van der Waals surface area contributed by atoms with Crippen LogP contribution in [0.3, 0.4) is 0 Å². The molecule has 20 heavy (non-hydrogen) atoms. The highest BCUT2D eigenvalue weighted by Gasteiger charge is 2.55. The molecule has 0 fully saturated rings. The molecule has 0 aliphatic carbocycles. The number of fused-ring (bicyclic) bond motifs is 1. The lowest BCUT2D eigenvalue weighted by Gasteiger charge is -2.23. The first-order valence-electron chi connectivity index (χ1n) is 6.35. The van der Waals surface area contributed by atoms with Crippen LogP contribution in [0.4, 0.5) is 0 Å². The van der Waals surface area contributed by atoms with Crippen molar-refractivity contribution in [2.45, 2.75) is 25.9 Å². The Bertz CT molecular complexity index is 522. The number of halogens is 1. The van der Waals surface area contributed by atoms with Crippen LogP contribution in [0.25, 0.3) is 0 Å². The van der Waals surface area contributed by atoms with E-state index in [1.54, 1.807) is 26.0 Å². The van der Waals surface area contributed by atoms with E-state index in [9.17, 15) is 9.59 Å². The van der Waals surface area contributed by atoms with Crippen molar-refractivity contribution in [3.8, 4) is 5.75 Å². The third-order valence-corrected chi connectivity index (χ3v) is 3.46. The number of ether oxygens (including phenoxy) is 3. The lowest BCUT2D eigenvalue weighted by molar-refractivity contribution is -0.177. The first kappa shape index (κ1) is 14.8. The maximum absolute atomic E-state index is 12.2. The highest BCUT2D eigenvalue weighted by molar-refractivity contribution is 9.10. The summed E-state index contributed by atoms with van der Waals surface area (Å²) in [6, 6.07) is 5.35. The summed E-state index contributed by atoms with van der Waals surface area (Å²) in [5.41, 5.74) is -0.955. The predicted octanol–water partition coefficient (Wildman–Crippen LogP) is 2.25. The highest BCUT2D eigenvalue weighted by Crippen LogP contribution is 2.38. The van der Waals surface area contributed by atoms with Gasteiger partial charge >= 0.3 is 17.5 Å². The molecule has 1 aromatic rings. The van der Waals surface area contributed by atoms with Gasteiger partial charge in [0.05, 0.1) is 13.2 Å². The minimum atomic E-state index is -1.73. The zero-order valence-corrected chi connectivity index (χ0v) is 12.9. The standard InChI is InChI=1S/C14H15BrO5/c1-3-18-12(16)14(13(17)19-4-2)8-9-5-6-10(15)7-11(9)20-14/h5-7H,3-4,8H2,1-2H3. The van der Waals surface area contributed by atoms with Gasteiger partial charge in [0.15, 0.2) is 0 Å². The topological polar surface area (TPSA) is 61.8 Å². The molecule has 1 aliphatic rings. The lowest BCUT2D eigenvalue weighted by Crippen LogP contribution is -2.53. The van der Waals surface area contributed by atoms with Crippen LogP contribution in [0.5, 0.6) is 5.75 Å². The van der Waals surface area contributed by atoms with Gasteiger partial charge in [-0.15, -0.1) is 0 Å². The van der Waals surface area contributed by atoms with Crippen LogP contribution >= 0.6 is 15.9 Å². The van der Waals surface area contributed by atoms with Gasteiger partial charge in [0, 0.05) is 10.9 Å². The van der Waals surface area contributed by atoms with E-state index in [0.29, 0.717) is 5.75 Å². The van der Waals surface area contributed by atoms with Crippen LogP contribution in [0.2, 0.25) is 0 Å². The van der Waals surface area contributed by atoms with E-state index in [1.165, 1.54) is 0 Å². The molecular weight excluding hydrogens is 328 g/mol. The second-order valence-electron chi connectivity index (χ2n) is 4.30. The van der Waals surface area contributed by atoms with Crippen LogP contribution < -0.4 is 4.74 Å². The predicted molar refractivity (Wildman–Crippen MR) is 74.5 cm³/mol. The fourth-order valence-electron chi connectivity index (χ4n) is 2.07. The minimum Gasteiger partial charge on any atom is -0.463 e. The first-order chi connectivity index (χ1) is 9.53. The van der Waals surface area contributed by atoms with Crippen molar-refractivity contribution >= 4 is 27.9 Å². The zero-order valence-electron chi connectivity index (χ0n) is 11.3. The van der Waals surface area contributed by atoms with E-state index < -0.39 is 17.5 Å². The van der Waals surface area contributed by atoms with Gasteiger partial charge in [0.1, 0.15) is 5.75 Å². The van der Waals surface area contributed by atoms with E-state index in [1.807, 2.05) is 6.07 Å². The van der Waals surface area contributed by atoms with Crippen LogP contribution in [-0.2, 0) is 25.5 Å². The Morgan fingerprint density at radius 2 is 1.85 bits per heavy atom. The van der Waals surface area contributed by atoms with Crippen molar-refractivity contribution < 1.29 is 23.8 Å². The van der Waals surface area contributed by atoms with Gasteiger partial charge in [0.2, 0.25) is 0 Å². The first-order valence-corrected chi connectivity index (χ1v) is 7.14. The number of carbonyl (C=O) groups is 2. The maximum Gasteiger partial charge on any atom is 0.362 e. The normalized spacial score (nSPS) is 15.2. The fourth-order valence-corrected chi connectivity index (χ4v) is 2.41. The molecule has 0 N–H and O–H groups in total. The Morgan fingerprint density at radius 3 is 2.40 bits per heavy atom. The number of benzene rings is 1. The summed E-state index contributed by atoms with van der Waals surface area (Å²) < 4.78 is 16.4. The molecule has 0 bridgehead atoms. The van der Waals surface area contributed by atoms with Crippen LogP contribution in [0.1, 0.15) is 19.4 Å². The van der Waals surface area contributed by atoms with Gasteiger partial charge in [-0.25, -0.2) is 9.59 Å². The molecule has 108 valence electrons. The molecular formula is C14H15BrO5. The van der Waals surface area contributed by atoms with E-state index in [2.05, 4.69) is 15.9 Å². The second-order valence-corrected chi connectivity index (χ2v) is 5.21. The van der Waals surface area contributed by atoms with Gasteiger partial charge in [0.25, 0.3) is 0 Å². The van der Waals surface area contributed by atoms with Gasteiger partial charge in [-0.2, -0.15) is 0 Å². The molecule has 0 amide bonds. The monoisotopic (exact) mass is 342 g/mol. The number of esters is 2. The minimum absolute atomic E-state index is 0.118. The van der Waals surface area contributed by atoms with Gasteiger partial charge in [-0.05, 0) is 31.5 Å². The van der Waals surface area contributed by atoms with E-state index in [0.717, 1.165) is 10.0 Å². The Balaban J connectivity index is 2.37. The van der Waals surface area contributed by atoms with E-state index in [4.69, 9.17) is 14.2 Å². The van der Waals surface area contributed by atoms with Crippen molar-refractivity contribution in [2.24, 2.45) is 0 Å². The molecule has 5 nitrogen and oxygen atoms in total. The fraction of sp³-hybridized carbons (Fsp3) is 0.429. The quantitative estimate of drug-likeness (QED) is 0.620. The summed E-state index contributed by atoms with van der Waals surface area (Å²) >= 11 is 3.33. The Morgan fingerprint density at radius 1 is 1.25 bits per heavy atom. The van der Waals surface area contributed by atoms with Crippen molar-refractivity contribution in [1.82, 2.24) is 0 Å². The van der Waals surface area contributed by atoms with Gasteiger partial charge in [-0.3, -0.25) is 0 Å². The molecule has 0 saturated heterocycles. The van der Waals surface area contributed by atoms with Crippen LogP contribution in [0, 0.1) is 0 Å². The lowest BCUT2D eigenvalue weighted by atomic mass is 9.97. The average Bonchev–Trinajstić information content (AvgIpc) is 2.79. The number of hydrogen-bond donors (Lipinski definition) is 0. The largest absolute Gasteiger partial charge is 0.463 e. The van der Waals surface area contributed by atoms with Crippen LogP contribution in [-0.4, -0.2) is 30.8 Å². The molecule has 1 aliphatic heterocycles. The molecule has 2 rings (SSSR count). The third-order valence-electron chi connectivity index (χ3n) is 2.96. The SMILES string of the molecule is CCOC(=O)C1(C(=O)OCC)Cc2ccc(Br)cc2O1. The summed E-state index contributed by atoms with van der Waals surface area (Å²) in [6.45, 7) is 3.69. The van der Waals surface area contributed by atoms with Crippen molar-refractivity contribution in [3.63, 3.8) is 0 Å². The smallest absolute Gasteiger partial charge is 0.362 e. The molecule has 1 heterocycles. The van der Waals surface area contributed by atoms with Crippen molar-refractivity contribution in [3.05, 3.63) is 28.2 Å².